The van der Waals surface area contributed by atoms with Crippen molar-refractivity contribution < 1.29 is 4.74 Å². The van der Waals surface area contributed by atoms with E-state index in [-0.39, 0.29) is 0 Å². The topological polar surface area (TPSA) is 24.8 Å². The monoisotopic (exact) mass is 140 g/mol. The fourth-order valence-corrected chi connectivity index (χ4v) is 0.423. The SMILES string of the molecule is C=C/C=C/N(COC)N=C. The van der Waals surface area contributed by atoms with E-state index in [1.54, 1.807) is 30.5 Å². The highest BCUT2D eigenvalue weighted by Gasteiger charge is 1.88. The highest BCUT2D eigenvalue weighted by molar-refractivity contribution is 5.22. The second kappa shape index (κ2) is 6.04. The predicted octanol–water partition coefficient (Wildman–Crippen LogP) is 1.21. The number of nitrogens with zero attached hydrogens (tertiary/aromatic N) is 2. The number of hydrogen-bond donors (Lipinski definition) is 0. The van der Waals surface area contributed by atoms with Crippen LogP contribution in [-0.4, -0.2) is 25.6 Å². The molecule has 0 aromatic carbocycles. The van der Waals surface area contributed by atoms with E-state index in [4.69, 9.17) is 4.74 Å². The molecule has 0 unspecified atom stereocenters. The van der Waals surface area contributed by atoms with Crippen LogP contribution in [0.15, 0.2) is 30.0 Å². The number of rotatable bonds is 5. The van der Waals surface area contributed by atoms with Crippen molar-refractivity contribution in [3.05, 3.63) is 24.9 Å². The van der Waals surface area contributed by atoms with Crippen LogP contribution in [-0.2, 0) is 4.74 Å². The molecule has 0 saturated carbocycles. The van der Waals surface area contributed by atoms with Crippen molar-refractivity contribution in [3.8, 4) is 0 Å². The summed E-state index contributed by atoms with van der Waals surface area (Å²) < 4.78 is 4.80. The first-order chi connectivity index (χ1) is 4.85. The molecule has 0 heterocycles. The molecule has 0 fully saturated rings. The zero-order valence-electron chi connectivity index (χ0n) is 6.16. The van der Waals surface area contributed by atoms with Gasteiger partial charge in [-0.1, -0.05) is 12.7 Å². The third-order valence-electron chi connectivity index (χ3n) is 0.837. The summed E-state index contributed by atoms with van der Waals surface area (Å²) in [5.74, 6) is 0. The van der Waals surface area contributed by atoms with Crippen molar-refractivity contribution in [2.24, 2.45) is 5.10 Å². The van der Waals surface area contributed by atoms with Gasteiger partial charge in [-0.3, -0.25) is 0 Å². The largest absolute Gasteiger partial charge is 0.362 e. The third kappa shape index (κ3) is 3.86. The maximum atomic E-state index is 4.80. The van der Waals surface area contributed by atoms with Crippen LogP contribution in [0.1, 0.15) is 0 Å². The van der Waals surface area contributed by atoms with Crippen LogP contribution in [0.5, 0.6) is 0 Å². The van der Waals surface area contributed by atoms with Gasteiger partial charge in [0.2, 0.25) is 0 Å². The van der Waals surface area contributed by atoms with Gasteiger partial charge in [0.25, 0.3) is 0 Å². The predicted molar refractivity (Wildman–Crippen MR) is 42.6 cm³/mol. The van der Waals surface area contributed by atoms with Crippen LogP contribution in [0.4, 0.5) is 0 Å². The summed E-state index contributed by atoms with van der Waals surface area (Å²) in [5, 5.41) is 5.20. The fraction of sp³-hybridized carbons (Fsp3) is 0.286. The first kappa shape index (κ1) is 8.91. The van der Waals surface area contributed by atoms with Crippen LogP contribution in [0.25, 0.3) is 0 Å². The van der Waals surface area contributed by atoms with Crippen LogP contribution >= 0.6 is 0 Å². The van der Waals surface area contributed by atoms with Crippen molar-refractivity contribution in [1.29, 1.82) is 0 Å². The zero-order chi connectivity index (χ0) is 7.82. The molecular formula is C7H12N2O. The molecule has 10 heavy (non-hydrogen) atoms. The van der Waals surface area contributed by atoms with Crippen LogP contribution in [0.3, 0.4) is 0 Å². The van der Waals surface area contributed by atoms with Gasteiger partial charge in [0.05, 0.1) is 0 Å². The Labute approximate surface area is 61.3 Å². The van der Waals surface area contributed by atoms with Gasteiger partial charge >= 0.3 is 0 Å². The minimum Gasteiger partial charge on any atom is -0.362 e. The smallest absolute Gasteiger partial charge is 0.138 e. The van der Waals surface area contributed by atoms with Gasteiger partial charge in [-0.25, -0.2) is 5.01 Å². The average Bonchev–Trinajstić information content (AvgIpc) is 1.98. The Bertz CT molecular complexity index is 132. The average molecular weight is 140 g/mol. The molecule has 0 aromatic rings. The summed E-state index contributed by atoms with van der Waals surface area (Å²) in [6.45, 7) is 7.26. The Morgan fingerprint density at radius 2 is 2.40 bits per heavy atom. The van der Waals surface area contributed by atoms with E-state index in [9.17, 15) is 0 Å². The molecule has 0 spiro atoms. The Morgan fingerprint density at radius 3 is 2.80 bits per heavy atom. The van der Waals surface area contributed by atoms with Crippen LogP contribution < -0.4 is 0 Å². The molecule has 56 valence electrons. The number of hydrogen-bond acceptors (Lipinski definition) is 3. The number of methoxy groups -OCH3 is 1. The van der Waals surface area contributed by atoms with E-state index in [2.05, 4.69) is 18.4 Å². The van der Waals surface area contributed by atoms with E-state index in [1.807, 2.05) is 0 Å². The van der Waals surface area contributed by atoms with Gasteiger partial charge < -0.3 is 4.74 Å². The summed E-state index contributed by atoms with van der Waals surface area (Å²) in [4.78, 5) is 0. The van der Waals surface area contributed by atoms with Gasteiger partial charge in [-0.05, 0) is 6.08 Å². The van der Waals surface area contributed by atoms with Crippen molar-refractivity contribution in [1.82, 2.24) is 5.01 Å². The van der Waals surface area contributed by atoms with Gasteiger partial charge in [0, 0.05) is 20.0 Å². The third-order valence-corrected chi connectivity index (χ3v) is 0.837. The molecular weight excluding hydrogens is 128 g/mol. The normalized spacial score (nSPS) is 9.70. The Kier molecular flexibility index (Phi) is 5.38. The molecule has 3 nitrogen and oxygen atoms in total. The highest BCUT2D eigenvalue weighted by Crippen LogP contribution is 1.89. The van der Waals surface area contributed by atoms with E-state index < -0.39 is 0 Å². The van der Waals surface area contributed by atoms with Gasteiger partial charge in [0.15, 0.2) is 0 Å². The van der Waals surface area contributed by atoms with Crippen molar-refractivity contribution in [2.75, 3.05) is 13.8 Å². The molecule has 0 rings (SSSR count). The minimum absolute atomic E-state index is 0.411. The Balaban J connectivity index is 3.69. The second-order valence-corrected chi connectivity index (χ2v) is 1.58. The quantitative estimate of drug-likeness (QED) is 0.248. The van der Waals surface area contributed by atoms with E-state index >= 15 is 0 Å². The van der Waals surface area contributed by atoms with E-state index in [0.717, 1.165) is 0 Å². The fourth-order valence-electron chi connectivity index (χ4n) is 0.423. The molecule has 3 heteroatoms. The molecule has 0 aliphatic rings. The van der Waals surface area contributed by atoms with Crippen molar-refractivity contribution in [3.63, 3.8) is 0 Å². The van der Waals surface area contributed by atoms with E-state index in [0.29, 0.717) is 6.73 Å². The van der Waals surface area contributed by atoms with Gasteiger partial charge in [-0.15, -0.1) is 0 Å². The first-order valence-electron chi connectivity index (χ1n) is 2.86. The molecule has 0 atom stereocenters. The molecule has 0 aliphatic heterocycles. The Hall–Kier alpha value is -1.09. The van der Waals surface area contributed by atoms with Crippen LogP contribution in [0.2, 0.25) is 0 Å². The standard InChI is InChI=1S/C7H12N2O/c1-4-5-6-9(8-2)7-10-3/h4-6H,1-2,7H2,3H3/b6-5+. The summed E-state index contributed by atoms with van der Waals surface area (Å²) >= 11 is 0. The summed E-state index contributed by atoms with van der Waals surface area (Å²) in [5.41, 5.74) is 0. The zero-order valence-corrected chi connectivity index (χ0v) is 6.16. The molecule has 0 saturated heterocycles. The first-order valence-corrected chi connectivity index (χ1v) is 2.86. The minimum atomic E-state index is 0.411. The molecule has 0 bridgehead atoms. The lowest BCUT2D eigenvalue weighted by Gasteiger charge is -2.10. The summed E-state index contributed by atoms with van der Waals surface area (Å²) in [6.07, 6.45) is 5.14. The van der Waals surface area contributed by atoms with E-state index in [1.165, 1.54) is 0 Å². The second-order valence-electron chi connectivity index (χ2n) is 1.58. The lowest BCUT2D eigenvalue weighted by atomic mass is 10.6. The summed E-state index contributed by atoms with van der Waals surface area (Å²) in [7, 11) is 1.60. The molecule has 0 aliphatic carbocycles. The lowest BCUT2D eigenvalue weighted by Crippen LogP contribution is -2.11. The maximum Gasteiger partial charge on any atom is 0.138 e. The number of allylic oxidation sites excluding steroid dienone is 2. The number of ether oxygens (including phenoxy) is 1. The summed E-state index contributed by atoms with van der Waals surface area (Å²) in [6, 6.07) is 0. The maximum absolute atomic E-state index is 4.80. The molecule has 0 aromatic heterocycles. The highest BCUT2D eigenvalue weighted by atomic mass is 16.5. The molecule has 0 N–H and O–H groups in total. The van der Waals surface area contributed by atoms with Crippen molar-refractivity contribution in [2.45, 2.75) is 0 Å². The van der Waals surface area contributed by atoms with Gasteiger partial charge in [-0.2, -0.15) is 5.10 Å². The van der Waals surface area contributed by atoms with Gasteiger partial charge in [0.1, 0.15) is 6.73 Å². The number of hydrazone groups is 1. The Morgan fingerprint density at radius 1 is 1.70 bits per heavy atom. The lowest BCUT2D eigenvalue weighted by molar-refractivity contribution is 0.0989. The van der Waals surface area contributed by atoms with Crippen molar-refractivity contribution >= 4 is 6.72 Å². The molecule has 0 radical (unpaired) electrons. The molecule has 0 amide bonds. The van der Waals surface area contributed by atoms with Crippen LogP contribution in [0, 0.1) is 0 Å².